The summed E-state index contributed by atoms with van der Waals surface area (Å²) < 4.78 is 0. The van der Waals surface area contributed by atoms with E-state index >= 15 is 0 Å². The van der Waals surface area contributed by atoms with Crippen molar-refractivity contribution >= 4 is 0 Å². The fourth-order valence-electron chi connectivity index (χ4n) is 3.51. The SMILES string of the molecule is CCC1CCCC(C2(C)CCCN2)C1. The van der Waals surface area contributed by atoms with E-state index in [0.717, 1.165) is 11.8 Å². The normalized spacial score (nSPS) is 44.1. The van der Waals surface area contributed by atoms with Crippen LogP contribution in [0.1, 0.15) is 58.8 Å². The summed E-state index contributed by atoms with van der Waals surface area (Å²) in [7, 11) is 0. The second-order valence-electron chi connectivity index (χ2n) is 5.59. The first-order valence-electron chi connectivity index (χ1n) is 6.49. The van der Waals surface area contributed by atoms with E-state index in [0.29, 0.717) is 5.54 Å². The van der Waals surface area contributed by atoms with Gasteiger partial charge in [0.15, 0.2) is 0 Å². The molecule has 1 heteroatoms. The first kappa shape index (κ1) is 10.5. The average Bonchev–Trinajstić information content (AvgIpc) is 2.67. The summed E-state index contributed by atoms with van der Waals surface area (Å²) in [6.45, 7) is 6.07. The van der Waals surface area contributed by atoms with Crippen LogP contribution in [0.4, 0.5) is 0 Å². The van der Waals surface area contributed by atoms with Crippen LogP contribution in [0, 0.1) is 11.8 Å². The maximum absolute atomic E-state index is 3.75. The molecule has 0 aromatic carbocycles. The molecule has 0 aromatic rings. The second kappa shape index (κ2) is 4.22. The van der Waals surface area contributed by atoms with Crippen LogP contribution < -0.4 is 5.32 Å². The molecule has 2 fully saturated rings. The highest BCUT2D eigenvalue weighted by Gasteiger charge is 2.38. The summed E-state index contributed by atoms with van der Waals surface area (Å²) in [5.74, 6) is 1.98. The van der Waals surface area contributed by atoms with Gasteiger partial charge in [-0.05, 0) is 51.0 Å². The molecule has 1 aliphatic heterocycles. The summed E-state index contributed by atoms with van der Waals surface area (Å²) in [6.07, 6.45) is 10.1. The quantitative estimate of drug-likeness (QED) is 0.712. The number of nitrogens with one attached hydrogen (secondary N) is 1. The smallest absolute Gasteiger partial charge is 0.0182 e. The van der Waals surface area contributed by atoms with E-state index in [2.05, 4.69) is 19.2 Å². The lowest BCUT2D eigenvalue weighted by atomic mass is 9.70. The largest absolute Gasteiger partial charge is 0.311 e. The van der Waals surface area contributed by atoms with Crippen LogP contribution in [0.5, 0.6) is 0 Å². The fraction of sp³-hybridized carbons (Fsp3) is 1.00. The predicted molar refractivity (Wildman–Crippen MR) is 61.4 cm³/mol. The van der Waals surface area contributed by atoms with Gasteiger partial charge in [-0.3, -0.25) is 0 Å². The molecule has 82 valence electrons. The summed E-state index contributed by atoms with van der Waals surface area (Å²) in [6, 6.07) is 0. The summed E-state index contributed by atoms with van der Waals surface area (Å²) in [5.41, 5.74) is 0.494. The van der Waals surface area contributed by atoms with Crippen molar-refractivity contribution in [3.05, 3.63) is 0 Å². The highest BCUT2D eigenvalue weighted by molar-refractivity contribution is 4.96. The minimum atomic E-state index is 0.494. The zero-order valence-electron chi connectivity index (χ0n) is 9.81. The lowest BCUT2D eigenvalue weighted by Gasteiger charge is -2.40. The van der Waals surface area contributed by atoms with E-state index in [1.54, 1.807) is 0 Å². The summed E-state index contributed by atoms with van der Waals surface area (Å²) >= 11 is 0. The van der Waals surface area contributed by atoms with Crippen molar-refractivity contribution in [3.63, 3.8) is 0 Å². The van der Waals surface area contributed by atoms with Crippen LogP contribution in [-0.4, -0.2) is 12.1 Å². The molecule has 1 N–H and O–H groups in total. The maximum Gasteiger partial charge on any atom is 0.0182 e. The van der Waals surface area contributed by atoms with E-state index in [-0.39, 0.29) is 0 Å². The van der Waals surface area contributed by atoms with Gasteiger partial charge in [0.05, 0.1) is 0 Å². The molecule has 2 rings (SSSR count). The van der Waals surface area contributed by atoms with E-state index in [4.69, 9.17) is 0 Å². The fourth-order valence-corrected chi connectivity index (χ4v) is 3.51. The Balaban J connectivity index is 1.96. The molecule has 1 heterocycles. The highest BCUT2D eigenvalue weighted by atomic mass is 15.0. The molecule has 1 aliphatic carbocycles. The Morgan fingerprint density at radius 1 is 1.29 bits per heavy atom. The Morgan fingerprint density at radius 2 is 2.14 bits per heavy atom. The Labute approximate surface area is 88.7 Å². The van der Waals surface area contributed by atoms with Gasteiger partial charge in [0.2, 0.25) is 0 Å². The Kier molecular flexibility index (Phi) is 3.16. The zero-order valence-corrected chi connectivity index (χ0v) is 9.81. The first-order chi connectivity index (χ1) is 6.74. The van der Waals surface area contributed by atoms with Gasteiger partial charge in [-0.15, -0.1) is 0 Å². The van der Waals surface area contributed by atoms with Gasteiger partial charge in [-0.2, -0.15) is 0 Å². The molecule has 2 aliphatic rings. The van der Waals surface area contributed by atoms with E-state index < -0.39 is 0 Å². The highest BCUT2D eigenvalue weighted by Crippen LogP contribution is 2.40. The molecule has 0 amide bonds. The molecule has 0 bridgehead atoms. The molecule has 0 radical (unpaired) electrons. The van der Waals surface area contributed by atoms with Crippen molar-refractivity contribution in [2.45, 2.75) is 64.3 Å². The molecule has 1 saturated heterocycles. The van der Waals surface area contributed by atoms with Gasteiger partial charge in [0.1, 0.15) is 0 Å². The number of rotatable bonds is 2. The molecule has 14 heavy (non-hydrogen) atoms. The van der Waals surface area contributed by atoms with Crippen LogP contribution in [0.3, 0.4) is 0 Å². The van der Waals surface area contributed by atoms with Crippen LogP contribution in [0.25, 0.3) is 0 Å². The maximum atomic E-state index is 3.75. The van der Waals surface area contributed by atoms with Crippen molar-refractivity contribution in [3.8, 4) is 0 Å². The van der Waals surface area contributed by atoms with Crippen LogP contribution in [0.2, 0.25) is 0 Å². The van der Waals surface area contributed by atoms with Crippen molar-refractivity contribution in [2.24, 2.45) is 11.8 Å². The topological polar surface area (TPSA) is 12.0 Å². The number of hydrogen-bond acceptors (Lipinski definition) is 1. The molecule has 0 aromatic heterocycles. The molecule has 3 unspecified atom stereocenters. The van der Waals surface area contributed by atoms with Crippen molar-refractivity contribution in [1.29, 1.82) is 0 Å². The zero-order chi connectivity index (χ0) is 10.0. The monoisotopic (exact) mass is 195 g/mol. The van der Waals surface area contributed by atoms with E-state index in [1.165, 1.54) is 51.5 Å². The first-order valence-corrected chi connectivity index (χ1v) is 6.49. The van der Waals surface area contributed by atoms with Crippen molar-refractivity contribution < 1.29 is 0 Å². The summed E-state index contributed by atoms with van der Waals surface area (Å²) in [4.78, 5) is 0. The van der Waals surface area contributed by atoms with Gasteiger partial charge in [0, 0.05) is 5.54 Å². The number of hydrogen-bond donors (Lipinski definition) is 1. The third-order valence-electron chi connectivity index (χ3n) is 4.66. The standard InChI is InChI=1S/C13H25N/c1-3-11-6-4-7-12(10-11)13(2)8-5-9-14-13/h11-12,14H,3-10H2,1-2H3. The van der Waals surface area contributed by atoms with Crippen LogP contribution >= 0.6 is 0 Å². The molecule has 1 nitrogen and oxygen atoms in total. The van der Waals surface area contributed by atoms with Gasteiger partial charge in [0.25, 0.3) is 0 Å². The Bertz CT molecular complexity index is 182. The summed E-state index contributed by atoms with van der Waals surface area (Å²) in [5, 5.41) is 3.75. The third kappa shape index (κ3) is 1.98. The molecule has 3 atom stereocenters. The minimum absolute atomic E-state index is 0.494. The molecular formula is C13H25N. The average molecular weight is 195 g/mol. The lowest BCUT2D eigenvalue weighted by molar-refractivity contribution is 0.157. The Hall–Kier alpha value is -0.0400. The van der Waals surface area contributed by atoms with Crippen molar-refractivity contribution in [1.82, 2.24) is 5.32 Å². The lowest BCUT2D eigenvalue weighted by Crippen LogP contribution is -2.45. The molecular weight excluding hydrogens is 170 g/mol. The van der Waals surface area contributed by atoms with Gasteiger partial charge < -0.3 is 5.32 Å². The van der Waals surface area contributed by atoms with Gasteiger partial charge >= 0.3 is 0 Å². The van der Waals surface area contributed by atoms with Crippen LogP contribution in [-0.2, 0) is 0 Å². The molecule has 1 saturated carbocycles. The van der Waals surface area contributed by atoms with E-state index in [1.807, 2.05) is 0 Å². The second-order valence-corrected chi connectivity index (χ2v) is 5.59. The van der Waals surface area contributed by atoms with Gasteiger partial charge in [-0.1, -0.05) is 26.2 Å². The predicted octanol–water partition coefficient (Wildman–Crippen LogP) is 3.34. The van der Waals surface area contributed by atoms with E-state index in [9.17, 15) is 0 Å². The van der Waals surface area contributed by atoms with Crippen LogP contribution in [0.15, 0.2) is 0 Å². The third-order valence-corrected chi connectivity index (χ3v) is 4.66. The molecule has 0 spiro atoms. The van der Waals surface area contributed by atoms with Crippen molar-refractivity contribution in [2.75, 3.05) is 6.54 Å². The minimum Gasteiger partial charge on any atom is -0.311 e. The van der Waals surface area contributed by atoms with Gasteiger partial charge in [-0.25, -0.2) is 0 Å². The Morgan fingerprint density at radius 3 is 2.79 bits per heavy atom.